The fourth-order valence-electron chi connectivity index (χ4n) is 1.79. The lowest BCUT2D eigenvalue weighted by atomic mass is 10.0. The summed E-state index contributed by atoms with van der Waals surface area (Å²) in [7, 11) is 1.61. The molecule has 0 spiro atoms. The van der Waals surface area contributed by atoms with Crippen molar-refractivity contribution in [3.63, 3.8) is 0 Å². The highest BCUT2D eigenvalue weighted by Crippen LogP contribution is 2.36. The molecule has 0 aliphatic rings. The number of aromatic nitrogens is 1. The predicted molar refractivity (Wildman–Crippen MR) is 67.6 cm³/mol. The molecule has 0 aliphatic carbocycles. The number of methoxy groups -OCH3 is 1. The van der Waals surface area contributed by atoms with E-state index in [0.29, 0.717) is 5.02 Å². The third-order valence-corrected chi connectivity index (χ3v) is 2.70. The predicted octanol–water partition coefficient (Wildman–Crippen LogP) is 3.42. The number of halogens is 1. The maximum Gasteiger partial charge on any atom is 0.134 e. The van der Waals surface area contributed by atoms with E-state index in [1.807, 2.05) is 13.0 Å². The Morgan fingerprint density at radius 3 is 2.65 bits per heavy atom. The number of ether oxygens (including phenoxy) is 1. The molecule has 0 saturated heterocycles. The van der Waals surface area contributed by atoms with Gasteiger partial charge in [0.25, 0.3) is 0 Å². The Kier molecular flexibility index (Phi) is 3.20. The number of hydrogen-bond acceptors (Lipinski definition) is 3. The van der Waals surface area contributed by atoms with Gasteiger partial charge in [0, 0.05) is 22.3 Å². The molecule has 0 saturated carbocycles. The number of rotatable bonds is 2. The lowest BCUT2D eigenvalue weighted by Crippen LogP contribution is -1.92. The second kappa shape index (κ2) is 4.63. The van der Waals surface area contributed by atoms with Crippen LogP contribution in [0.4, 0.5) is 0 Å². The third kappa shape index (κ3) is 2.34. The summed E-state index contributed by atoms with van der Waals surface area (Å²) in [5.41, 5.74) is 2.53. The van der Waals surface area contributed by atoms with Gasteiger partial charge >= 0.3 is 0 Å². The maximum atomic E-state index is 9.44. The van der Waals surface area contributed by atoms with Crippen LogP contribution < -0.4 is 4.74 Å². The molecule has 2 aromatic rings. The molecule has 1 aromatic heterocycles. The summed E-state index contributed by atoms with van der Waals surface area (Å²) < 4.78 is 5.36. The van der Waals surface area contributed by atoms with E-state index < -0.39 is 0 Å². The van der Waals surface area contributed by atoms with Crippen molar-refractivity contribution in [2.24, 2.45) is 0 Å². The van der Waals surface area contributed by atoms with E-state index in [1.165, 1.54) is 6.20 Å². The summed E-state index contributed by atoms with van der Waals surface area (Å²) >= 11 is 6.03. The summed E-state index contributed by atoms with van der Waals surface area (Å²) in [6.07, 6.45) is 3.04. The summed E-state index contributed by atoms with van der Waals surface area (Å²) in [4.78, 5) is 3.95. The number of pyridine rings is 1. The molecule has 88 valence electrons. The minimum atomic E-state index is 0.113. The Labute approximate surface area is 105 Å². The van der Waals surface area contributed by atoms with E-state index in [9.17, 15) is 5.11 Å². The van der Waals surface area contributed by atoms with Gasteiger partial charge in [0.05, 0.1) is 13.3 Å². The van der Waals surface area contributed by atoms with Crippen LogP contribution in [0.3, 0.4) is 0 Å². The Bertz CT molecular complexity index is 555. The molecule has 0 unspecified atom stereocenters. The summed E-state index contributed by atoms with van der Waals surface area (Å²) in [5, 5.41) is 10.1. The van der Waals surface area contributed by atoms with Gasteiger partial charge in [-0.15, -0.1) is 0 Å². The standard InChI is InChI=1S/C13H12ClNO2/c1-8-3-10(14)5-12(13(8)17-2)9-4-11(16)7-15-6-9/h3-7,16H,1-2H3. The second-order valence-electron chi connectivity index (χ2n) is 3.74. The number of benzene rings is 1. The summed E-state index contributed by atoms with van der Waals surface area (Å²) in [6.45, 7) is 1.92. The fourth-order valence-corrected chi connectivity index (χ4v) is 2.06. The van der Waals surface area contributed by atoms with E-state index >= 15 is 0 Å². The zero-order valence-corrected chi connectivity index (χ0v) is 10.3. The second-order valence-corrected chi connectivity index (χ2v) is 4.17. The lowest BCUT2D eigenvalue weighted by Gasteiger charge is -2.12. The average Bonchev–Trinajstić information content (AvgIpc) is 2.28. The largest absolute Gasteiger partial charge is 0.506 e. The van der Waals surface area contributed by atoms with Crippen molar-refractivity contribution in [2.45, 2.75) is 6.92 Å². The van der Waals surface area contributed by atoms with E-state index in [4.69, 9.17) is 16.3 Å². The third-order valence-electron chi connectivity index (χ3n) is 2.48. The van der Waals surface area contributed by atoms with E-state index in [-0.39, 0.29) is 5.75 Å². The first-order chi connectivity index (χ1) is 8.11. The van der Waals surface area contributed by atoms with Crippen molar-refractivity contribution in [3.05, 3.63) is 41.2 Å². The van der Waals surface area contributed by atoms with Gasteiger partial charge in [-0.05, 0) is 30.7 Å². The van der Waals surface area contributed by atoms with E-state index in [0.717, 1.165) is 22.4 Å². The van der Waals surface area contributed by atoms with Crippen LogP contribution in [0, 0.1) is 6.92 Å². The molecular formula is C13H12ClNO2. The Balaban J connectivity index is 2.65. The Morgan fingerprint density at radius 2 is 2.00 bits per heavy atom. The smallest absolute Gasteiger partial charge is 0.134 e. The molecule has 17 heavy (non-hydrogen) atoms. The molecule has 1 N–H and O–H groups in total. The van der Waals surface area contributed by atoms with E-state index in [2.05, 4.69) is 4.98 Å². The van der Waals surface area contributed by atoms with Gasteiger partial charge < -0.3 is 9.84 Å². The average molecular weight is 250 g/mol. The van der Waals surface area contributed by atoms with Crippen LogP contribution in [-0.2, 0) is 0 Å². The van der Waals surface area contributed by atoms with Crippen LogP contribution >= 0.6 is 11.6 Å². The van der Waals surface area contributed by atoms with Crippen molar-refractivity contribution < 1.29 is 9.84 Å². The van der Waals surface area contributed by atoms with Gasteiger partial charge in [0.1, 0.15) is 11.5 Å². The van der Waals surface area contributed by atoms with Crippen molar-refractivity contribution >= 4 is 11.6 Å². The topological polar surface area (TPSA) is 42.4 Å². The Morgan fingerprint density at radius 1 is 1.24 bits per heavy atom. The van der Waals surface area contributed by atoms with Gasteiger partial charge in [0.15, 0.2) is 0 Å². The molecule has 2 rings (SSSR count). The minimum absolute atomic E-state index is 0.113. The molecule has 3 nitrogen and oxygen atoms in total. The van der Waals surface area contributed by atoms with Crippen molar-refractivity contribution in [3.8, 4) is 22.6 Å². The Hall–Kier alpha value is -1.74. The fraction of sp³-hybridized carbons (Fsp3) is 0.154. The highest BCUT2D eigenvalue weighted by Gasteiger charge is 2.11. The number of aryl methyl sites for hydroxylation is 1. The maximum absolute atomic E-state index is 9.44. The van der Waals surface area contributed by atoms with Crippen molar-refractivity contribution in [1.29, 1.82) is 0 Å². The minimum Gasteiger partial charge on any atom is -0.506 e. The van der Waals surface area contributed by atoms with Gasteiger partial charge in [-0.2, -0.15) is 0 Å². The van der Waals surface area contributed by atoms with Crippen LogP contribution in [0.2, 0.25) is 5.02 Å². The van der Waals surface area contributed by atoms with Gasteiger partial charge in [-0.25, -0.2) is 0 Å². The van der Waals surface area contributed by atoms with Crippen LogP contribution in [0.15, 0.2) is 30.6 Å². The van der Waals surface area contributed by atoms with Gasteiger partial charge in [0.2, 0.25) is 0 Å². The molecule has 0 radical (unpaired) electrons. The molecule has 1 aromatic carbocycles. The molecule has 0 atom stereocenters. The molecule has 0 aliphatic heterocycles. The van der Waals surface area contributed by atoms with E-state index in [1.54, 1.807) is 25.4 Å². The molecule has 0 bridgehead atoms. The number of hydrogen-bond donors (Lipinski definition) is 1. The highest BCUT2D eigenvalue weighted by molar-refractivity contribution is 6.31. The SMILES string of the molecule is COc1c(C)cc(Cl)cc1-c1cncc(O)c1. The van der Waals surface area contributed by atoms with Gasteiger partial charge in [-0.1, -0.05) is 11.6 Å². The molecule has 1 heterocycles. The zero-order chi connectivity index (χ0) is 12.4. The van der Waals surface area contributed by atoms with Crippen molar-refractivity contribution in [1.82, 2.24) is 4.98 Å². The molecule has 4 heteroatoms. The van der Waals surface area contributed by atoms with Crippen LogP contribution in [-0.4, -0.2) is 17.2 Å². The summed E-state index contributed by atoms with van der Waals surface area (Å²) in [6, 6.07) is 5.25. The zero-order valence-electron chi connectivity index (χ0n) is 9.57. The first kappa shape index (κ1) is 11.7. The van der Waals surface area contributed by atoms with Crippen LogP contribution in [0.25, 0.3) is 11.1 Å². The normalized spacial score (nSPS) is 10.3. The first-order valence-corrected chi connectivity index (χ1v) is 5.48. The van der Waals surface area contributed by atoms with Crippen LogP contribution in [0.1, 0.15) is 5.56 Å². The molecular weight excluding hydrogens is 238 g/mol. The highest BCUT2D eigenvalue weighted by atomic mass is 35.5. The molecule has 0 fully saturated rings. The summed E-state index contributed by atoms with van der Waals surface area (Å²) in [5.74, 6) is 0.851. The number of aromatic hydroxyl groups is 1. The van der Waals surface area contributed by atoms with Crippen LogP contribution in [0.5, 0.6) is 11.5 Å². The quantitative estimate of drug-likeness (QED) is 0.887. The monoisotopic (exact) mass is 249 g/mol. The van der Waals surface area contributed by atoms with Gasteiger partial charge in [-0.3, -0.25) is 4.98 Å². The molecule has 0 amide bonds. The lowest BCUT2D eigenvalue weighted by molar-refractivity contribution is 0.413. The van der Waals surface area contributed by atoms with Crippen molar-refractivity contribution in [2.75, 3.05) is 7.11 Å². The number of nitrogens with zero attached hydrogens (tertiary/aromatic N) is 1. The first-order valence-electron chi connectivity index (χ1n) is 5.10.